The number of aryl methyl sites for hydroxylation is 1. The van der Waals surface area contributed by atoms with E-state index in [4.69, 9.17) is 4.74 Å². The predicted molar refractivity (Wildman–Crippen MR) is 118 cm³/mol. The summed E-state index contributed by atoms with van der Waals surface area (Å²) in [5.74, 6) is 0.304. The molecule has 32 heavy (non-hydrogen) atoms. The molecule has 0 saturated carbocycles. The van der Waals surface area contributed by atoms with Crippen LogP contribution >= 0.6 is 0 Å². The van der Waals surface area contributed by atoms with Crippen LogP contribution in [0.15, 0.2) is 53.5 Å². The highest BCUT2D eigenvalue weighted by atomic mass is 19.1. The normalized spacial score (nSPS) is 24.8. The number of rotatable bonds is 4. The Kier molecular flexibility index (Phi) is 5.38. The molecule has 0 radical (unpaired) electrons. The van der Waals surface area contributed by atoms with Crippen LogP contribution in [0.1, 0.15) is 25.7 Å². The second-order valence-electron chi connectivity index (χ2n) is 8.59. The summed E-state index contributed by atoms with van der Waals surface area (Å²) in [6.45, 7) is 0. The van der Waals surface area contributed by atoms with E-state index in [2.05, 4.69) is 15.5 Å². The van der Waals surface area contributed by atoms with E-state index in [1.165, 1.54) is 10.6 Å². The minimum absolute atomic E-state index is 0.0288. The van der Waals surface area contributed by atoms with Crippen LogP contribution in [0.25, 0.3) is 22.4 Å². The lowest BCUT2D eigenvalue weighted by atomic mass is 9.84. The maximum absolute atomic E-state index is 14.7. The largest absolute Gasteiger partial charge is 0.507 e. The number of phenols is 1. The number of hydrogen-bond donors (Lipinski definition) is 2. The number of piperidine rings is 2. The van der Waals surface area contributed by atoms with Gasteiger partial charge in [-0.15, -0.1) is 10.2 Å². The first-order valence-corrected chi connectivity index (χ1v) is 10.9. The third-order valence-electron chi connectivity index (χ3n) is 6.40. The number of aromatic hydroxyl groups is 1. The first kappa shape index (κ1) is 20.6. The monoisotopic (exact) mass is 436 g/mol. The van der Waals surface area contributed by atoms with Gasteiger partial charge in [0.2, 0.25) is 5.88 Å². The summed E-state index contributed by atoms with van der Waals surface area (Å²) in [4.78, 5) is 11.9. The number of benzene rings is 1. The SMILES string of the molecule is Cn1ccc(-c2ccc(-c3ccc(O[C@@H]4C[C@H]5CCC[C@H](N5)[C@@H]4F)nn3)c(O)c2)cc1=O. The van der Waals surface area contributed by atoms with Gasteiger partial charge in [-0.1, -0.05) is 12.5 Å². The van der Waals surface area contributed by atoms with Gasteiger partial charge in [-0.3, -0.25) is 4.79 Å². The van der Waals surface area contributed by atoms with Crippen molar-refractivity contribution in [2.24, 2.45) is 7.05 Å². The summed E-state index contributed by atoms with van der Waals surface area (Å²) in [5, 5.41) is 22.2. The van der Waals surface area contributed by atoms with Crippen LogP contribution in [0.4, 0.5) is 4.39 Å². The van der Waals surface area contributed by atoms with Crippen LogP contribution in [0, 0.1) is 0 Å². The van der Waals surface area contributed by atoms with E-state index in [1.807, 2.05) is 12.1 Å². The quantitative estimate of drug-likeness (QED) is 0.653. The summed E-state index contributed by atoms with van der Waals surface area (Å²) in [6.07, 6.45) is 3.62. The molecule has 2 aliphatic heterocycles. The highest BCUT2D eigenvalue weighted by Gasteiger charge is 2.41. The van der Waals surface area contributed by atoms with Crippen LogP contribution in [-0.4, -0.2) is 44.2 Å². The van der Waals surface area contributed by atoms with E-state index >= 15 is 0 Å². The van der Waals surface area contributed by atoms with Crippen molar-refractivity contribution >= 4 is 0 Å². The molecule has 8 heteroatoms. The van der Waals surface area contributed by atoms with Crippen LogP contribution in [0.5, 0.6) is 11.6 Å². The highest BCUT2D eigenvalue weighted by molar-refractivity contribution is 5.74. The lowest BCUT2D eigenvalue weighted by molar-refractivity contribution is 0.00652. The molecule has 2 aliphatic rings. The smallest absolute Gasteiger partial charge is 0.250 e. The van der Waals surface area contributed by atoms with Gasteiger partial charge in [-0.25, -0.2) is 4.39 Å². The molecule has 0 aliphatic carbocycles. The van der Waals surface area contributed by atoms with Gasteiger partial charge in [0, 0.05) is 49.4 Å². The fourth-order valence-corrected chi connectivity index (χ4v) is 4.61. The summed E-state index contributed by atoms with van der Waals surface area (Å²) in [5.41, 5.74) is 2.31. The first-order chi connectivity index (χ1) is 15.5. The first-order valence-electron chi connectivity index (χ1n) is 10.9. The van der Waals surface area contributed by atoms with Crippen molar-refractivity contribution in [1.29, 1.82) is 0 Å². The molecule has 3 aromatic rings. The highest BCUT2D eigenvalue weighted by Crippen LogP contribution is 2.33. The number of hydrogen-bond acceptors (Lipinski definition) is 6. The van der Waals surface area contributed by atoms with Crippen molar-refractivity contribution in [1.82, 2.24) is 20.1 Å². The molecule has 2 fully saturated rings. The molecule has 2 saturated heterocycles. The van der Waals surface area contributed by atoms with Crippen molar-refractivity contribution in [3.63, 3.8) is 0 Å². The van der Waals surface area contributed by atoms with Gasteiger partial charge in [0.15, 0.2) is 6.17 Å². The molecular weight excluding hydrogens is 411 g/mol. The van der Waals surface area contributed by atoms with E-state index in [9.17, 15) is 14.3 Å². The fourth-order valence-electron chi connectivity index (χ4n) is 4.61. The summed E-state index contributed by atoms with van der Waals surface area (Å²) in [6, 6.07) is 12.0. The average molecular weight is 436 g/mol. The maximum Gasteiger partial charge on any atom is 0.250 e. The van der Waals surface area contributed by atoms with E-state index in [0.717, 1.165) is 30.4 Å². The summed E-state index contributed by atoms with van der Waals surface area (Å²) < 4.78 is 22.1. The van der Waals surface area contributed by atoms with Crippen LogP contribution in [0.3, 0.4) is 0 Å². The van der Waals surface area contributed by atoms with Gasteiger partial charge in [0.05, 0.1) is 5.69 Å². The molecule has 1 aromatic carbocycles. The Hall–Kier alpha value is -3.26. The van der Waals surface area contributed by atoms with Crippen molar-refractivity contribution in [2.75, 3.05) is 0 Å². The third kappa shape index (κ3) is 3.98. The lowest BCUT2D eigenvalue weighted by Gasteiger charge is -2.42. The summed E-state index contributed by atoms with van der Waals surface area (Å²) >= 11 is 0. The Balaban J connectivity index is 1.32. The van der Waals surface area contributed by atoms with Gasteiger partial charge < -0.3 is 19.7 Å². The summed E-state index contributed by atoms with van der Waals surface area (Å²) in [7, 11) is 1.68. The topological polar surface area (TPSA) is 89.3 Å². The van der Waals surface area contributed by atoms with E-state index in [1.54, 1.807) is 37.5 Å². The van der Waals surface area contributed by atoms with Crippen LogP contribution < -0.4 is 15.6 Å². The molecular formula is C24H25FN4O3. The molecule has 0 unspecified atom stereocenters. The molecule has 4 heterocycles. The van der Waals surface area contributed by atoms with Gasteiger partial charge in [-0.05, 0) is 48.2 Å². The lowest BCUT2D eigenvalue weighted by Crippen LogP contribution is -2.59. The minimum Gasteiger partial charge on any atom is -0.507 e. The number of fused-ring (bicyclic) bond motifs is 2. The number of ether oxygens (including phenoxy) is 1. The van der Waals surface area contributed by atoms with E-state index in [-0.39, 0.29) is 23.2 Å². The third-order valence-corrected chi connectivity index (χ3v) is 6.40. The Bertz CT molecular complexity index is 1180. The molecule has 2 aromatic heterocycles. The molecule has 0 spiro atoms. The van der Waals surface area contributed by atoms with Gasteiger partial charge in [0.25, 0.3) is 5.56 Å². The Morgan fingerprint density at radius 1 is 1.12 bits per heavy atom. The second kappa shape index (κ2) is 8.35. The molecule has 4 atom stereocenters. The van der Waals surface area contributed by atoms with Crippen molar-refractivity contribution in [2.45, 2.75) is 50.0 Å². The zero-order valence-electron chi connectivity index (χ0n) is 17.7. The van der Waals surface area contributed by atoms with Crippen LogP contribution in [0.2, 0.25) is 0 Å². The molecule has 5 rings (SSSR count). The van der Waals surface area contributed by atoms with Gasteiger partial charge in [-0.2, -0.15) is 0 Å². The van der Waals surface area contributed by atoms with Crippen molar-refractivity contribution in [3.8, 4) is 34.0 Å². The number of pyridine rings is 1. The molecule has 0 amide bonds. The molecule has 2 bridgehead atoms. The number of halogens is 1. The number of nitrogens with one attached hydrogen (secondary N) is 1. The van der Waals surface area contributed by atoms with Gasteiger partial charge in [0.1, 0.15) is 11.9 Å². The number of alkyl halides is 1. The zero-order chi connectivity index (χ0) is 22.2. The zero-order valence-corrected chi connectivity index (χ0v) is 17.7. The molecule has 7 nitrogen and oxygen atoms in total. The Morgan fingerprint density at radius 2 is 1.97 bits per heavy atom. The maximum atomic E-state index is 14.7. The molecule has 166 valence electrons. The minimum atomic E-state index is -1.07. The second-order valence-corrected chi connectivity index (χ2v) is 8.59. The molecule has 2 N–H and O–H groups in total. The number of nitrogens with zero attached hydrogens (tertiary/aromatic N) is 3. The fraction of sp³-hybridized carbons (Fsp3) is 0.375. The van der Waals surface area contributed by atoms with Crippen molar-refractivity contribution < 1.29 is 14.2 Å². The van der Waals surface area contributed by atoms with E-state index < -0.39 is 12.3 Å². The Labute approximate surface area is 184 Å². The number of aromatic nitrogens is 3. The van der Waals surface area contributed by atoms with E-state index in [0.29, 0.717) is 23.7 Å². The van der Waals surface area contributed by atoms with Crippen LogP contribution in [-0.2, 0) is 7.05 Å². The average Bonchev–Trinajstić information content (AvgIpc) is 2.80. The van der Waals surface area contributed by atoms with Gasteiger partial charge >= 0.3 is 0 Å². The Morgan fingerprint density at radius 3 is 2.72 bits per heavy atom. The standard InChI is InChI=1S/C24H25FN4O3/c1-29-10-9-15(12-23(29)31)14-5-6-17(20(30)11-14)18-7-8-22(28-27-18)32-21-13-16-3-2-4-19(26-16)24(21)25/h5-12,16,19,21,24,26,30H,2-4,13H2,1H3/t16-,19+,21-,24+/m1/s1. The predicted octanol–water partition coefficient (Wildman–Crippen LogP) is 3.21. The number of phenolic OH excluding ortho intramolecular Hbond substituents is 1. The van der Waals surface area contributed by atoms with Crippen molar-refractivity contribution in [3.05, 3.63) is 59.0 Å².